The zero-order valence-corrected chi connectivity index (χ0v) is 22.6. The SMILES string of the molecule is CC(C)[C@@H]1NCCOc2cccnc2CCCNC(=O)[C@@H](Cc2ccc(F)cc2)NC(O)[C@@H](C)N(C)C1=O. The zero-order chi connectivity index (χ0) is 27.7. The van der Waals surface area contributed by atoms with Crippen LogP contribution in [0.15, 0.2) is 42.6 Å². The number of nitrogens with zero attached hydrogens (tertiary/aromatic N) is 2. The van der Waals surface area contributed by atoms with E-state index in [1.54, 1.807) is 32.3 Å². The highest BCUT2D eigenvalue weighted by Crippen LogP contribution is 2.17. The predicted octanol–water partition coefficient (Wildman–Crippen LogP) is 1.64. The minimum Gasteiger partial charge on any atom is -0.490 e. The molecule has 38 heavy (non-hydrogen) atoms. The van der Waals surface area contributed by atoms with E-state index in [0.717, 1.165) is 11.3 Å². The Morgan fingerprint density at radius 2 is 1.92 bits per heavy atom. The first-order chi connectivity index (χ1) is 18.2. The summed E-state index contributed by atoms with van der Waals surface area (Å²) < 4.78 is 19.4. The van der Waals surface area contributed by atoms with Gasteiger partial charge in [0.05, 0.1) is 23.8 Å². The molecule has 0 radical (unpaired) electrons. The molecule has 1 aromatic carbocycles. The molecule has 1 aliphatic heterocycles. The topological polar surface area (TPSA) is 116 Å². The van der Waals surface area contributed by atoms with Gasteiger partial charge in [-0.15, -0.1) is 0 Å². The van der Waals surface area contributed by atoms with Gasteiger partial charge in [0.25, 0.3) is 0 Å². The Bertz CT molecular complexity index is 1050. The maximum absolute atomic E-state index is 13.4. The van der Waals surface area contributed by atoms with Gasteiger partial charge in [-0.3, -0.25) is 19.9 Å². The number of aliphatic hydroxyl groups is 1. The molecular formula is C28H40FN5O4. The molecule has 1 unspecified atom stereocenters. The van der Waals surface area contributed by atoms with Crippen molar-refractivity contribution in [2.45, 2.75) is 64.4 Å². The van der Waals surface area contributed by atoms with Crippen molar-refractivity contribution in [3.8, 4) is 5.75 Å². The van der Waals surface area contributed by atoms with Crippen molar-refractivity contribution in [3.63, 3.8) is 0 Å². The summed E-state index contributed by atoms with van der Waals surface area (Å²) in [5, 5.41) is 20.2. The van der Waals surface area contributed by atoms with Gasteiger partial charge >= 0.3 is 0 Å². The molecule has 2 amide bonds. The van der Waals surface area contributed by atoms with E-state index in [1.165, 1.54) is 17.0 Å². The van der Waals surface area contributed by atoms with Crippen molar-refractivity contribution in [3.05, 3.63) is 59.7 Å². The van der Waals surface area contributed by atoms with Crippen LogP contribution < -0.4 is 20.7 Å². The van der Waals surface area contributed by atoms with Crippen molar-refractivity contribution in [2.24, 2.45) is 5.92 Å². The van der Waals surface area contributed by atoms with Crippen LogP contribution in [0.25, 0.3) is 0 Å². The number of carbonyl (C=O) groups excluding carboxylic acids is 2. The molecule has 208 valence electrons. The normalized spacial score (nSPS) is 24.7. The molecule has 3 rings (SSSR count). The lowest BCUT2D eigenvalue weighted by molar-refractivity contribution is -0.138. The van der Waals surface area contributed by atoms with Gasteiger partial charge in [-0.2, -0.15) is 0 Å². The highest BCUT2D eigenvalue weighted by molar-refractivity contribution is 5.83. The van der Waals surface area contributed by atoms with Crippen LogP contribution in [0, 0.1) is 11.7 Å². The average molecular weight is 530 g/mol. The van der Waals surface area contributed by atoms with Gasteiger partial charge in [0, 0.05) is 26.3 Å². The maximum Gasteiger partial charge on any atom is 0.240 e. The zero-order valence-electron chi connectivity index (χ0n) is 22.6. The molecule has 10 heteroatoms. The number of ether oxygens (including phenoxy) is 1. The summed E-state index contributed by atoms with van der Waals surface area (Å²) >= 11 is 0. The van der Waals surface area contributed by atoms with E-state index in [9.17, 15) is 19.1 Å². The monoisotopic (exact) mass is 529 g/mol. The van der Waals surface area contributed by atoms with Crippen LogP contribution in [-0.4, -0.2) is 77.9 Å². The second-order valence-corrected chi connectivity index (χ2v) is 10.1. The third kappa shape index (κ3) is 8.21. The Kier molecular flexibility index (Phi) is 11.0. The molecule has 0 saturated carbocycles. The highest BCUT2D eigenvalue weighted by atomic mass is 19.1. The lowest BCUT2D eigenvalue weighted by Gasteiger charge is -2.35. The predicted molar refractivity (Wildman–Crippen MR) is 143 cm³/mol. The summed E-state index contributed by atoms with van der Waals surface area (Å²) in [7, 11) is 1.64. The van der Waals surface area contributed by atoms with Crippen molar-refractivity contribution < 1.29 is 23.8 Å². The number of aliphatic hydroxyl groups excluding tert-OH is 1. The van der Waals surface area contributed by atoms with Crippen LogP contribution in [0.4, 0.5) is 4.39 Å². The van der Waals surface area contributed by atoms with E-state index in [2.05, 4.69) is 20.9 Å². The number of hydrogen-bond donors (Lipinski definition) is 4. The standard InChI is InChI=1S/C28H40FN5O4/c1-18(2)25-28(37)34(4)19(3)26(35)33-23(17-20-9-11-21(29)12-10-20)27(36)32-14-5-7-22-24(8-6-13-30-22)38-16-15-31-25/h6,8-13,18-19,23,25-26,31,33,35H,5,7,14-17H2,1-4H3,(H,32,36)/t19-,23-,25+,26?/m1/s1. The number of fused-ring (bicyclic) bond motifs is 1. The number of hydrogen-bond acceptors (Lipinski definition) is 7. The van der Waals surface area contributed by atoms with Crippen LogP contribution in [0.3, 0.4) is 0 Å². The van der Waals surface area contributed by atoms with Gasteiger partial charge in [-0.1, -0.05) is 26.0 Å². The third-order valence-electron chi connectivity index (χ3n) is 6.85. The van der Waals surface area contributed by atoms with E-state index in [-0.39, 0.29) is 30.0 Å². The van der Waals surface area contributed by atoms with Gasteiger partial charge < -0.3 is 25.4 Å². The summed E-state index contributed by atoms with van der Waals surface area (Å²) in [6.45, 7) is 6.86. The fourth-order valence-corrected chi connectivity index (χ4v) is 4.38. The summed E-state index contributed by atoms with van der Waals surface area (Å²) in [5.41, 5.74) is 1.54. The fraction of sp³-hybridized carbons (Fsp3) is 0.536. The quantitative estimate of drug-likeness (QED) is 0.478. The molecule has 0 bridgehead atoms. The van der Waals surface area contributed by atoms with Gasteiger partial charge in [0.1, 0.15) is 24.4 Å². The summed E-state index contributed by atoms with van der Waals surface area (Å²) in [4.78, 5) is 32.5. The first-order valence-electron chi connectivity index (χ1n) is 13.2. The molecule has 0 fully saturated rings. The van der Waals surface area contributed by atoms with Gasteiger partial charge in [0.2, 0.25) is 11.8 Å². The van der Waals surface area contributed by atoms with Crippen molar-refractivity contribution >= 4 is 11.8 Å². The average Bonchev–Trinajstić information content (AvgIpc) is 2.90. The Morgan fingerprint density at radius 1 is 1.18 bits per heavy atom. The highest BCUT2D eigenvalue weighted by Gasteiger charge is 2.32. The van der Waals surface area contributed by atoms with E-state index in [0.29, 0.717) is 38.3 Å². The second kappa shape index (κ2) is 14.2. The minimum atomic E-state index is -1.17. The Labute approximate surface area is 224 Å². The maximum atomic E-state index is 13.4. The van der Waals surface area contributed by atoms with Crippen molar-refractivity contribution in [2.75, 3.05) is 26.7 Å². The molecule has 0 spiro atoms. The number of carbonyl (C=O) groups is 2. The molecule has 4 N–H and O–H groups in total. The molecule has 1 aromatic heterocycles. The smallest absolute Gasteiger partial charge is 0.240 e. The van der Waals surface area contributed by atoms with E-state index < -0.39 is 24.4 Å². The number of benzene rings is 1. The second-order valence-electron chi connectivity index (χ2n) is 10.1. The Hall–Kier alpha value is -3.08. The molecule has 0 saturated heterocycles. The number of aromatic nitrogens is 1. The van der Waals surface area contributed by atoms with Gasteiger partial charge in [-0.05, 0) is 61.9 Å². The first kappa shape index (κ1) is 29.5. The van der Waals surface area contributed by atoms with Crippen LogP contribution >= 0.6 is 0 Å². The number of halogens is 1. The van der Waals surface area contributed by atoms with Crippen molar-refractivity contribution in [1.82, 2.24) is 25.8 Å². The first-order valence-corrected chi connectivity index (χ1v) is 13.2. The van der Waals surface area contributed by atoms with Crippen LogP contribution in [0.5, 0.6) is 5.75 Å². The minimum absolute atomic E-state index is 0.00111. The largest absolute Gasteiger partial charge is 0.490 e. The van der Waals surface area contributed by atoms with Gasteiger partial charge in [0.15, 0.2) is 0 Å². The van der Waals surface area contributed by atoms with Crippen molar-refractivity contribution in [1.29, 1.82) is 0 Å². The van der Waals surface area contributed by atoms with Crippen LogP contribution in [0.1, 0.15) is 38.4 Å². The molecule has 9 nitrogen and oxygen atoms in total. The van der Waals surface area contributed by atoms with E-state index in [1.807, 2.05) is 26.0 Å². The van der Waals surface area contributed by atoms with E-state index >= 15 is 0 Å². The third-order valence-corrected chi connectivity index (χ3v) is 6.85. The van der Waals surface area contributed by atoms with E-state index in [4.69, 9.17) is 4.74 Å². The summed E-state index contributed by atoms with van der Waals surface area (Å²) in [6.07, 6.45) is 2.02. The number of nitrogens with one attached hydrogen (secondary N) is 3. The number of amides is 2. The van der Waals surface area contributed by atoms with Gasteiger partial charge in [-0.25, -0.2) is 4.39 Å². The van der Waals surface area contributed by atoms with Crippen LogP contribution in [-0.2, 0) is 22.4 Å². The lowest BCUT2D eigenvalue weighted by atomic mass is 10.0. The molecule has 0 aliphatic carbocycles. The molecule has 4 atom stereocenters. The molecule has 2 heterocycles. The number of aryl methyl sites for hydroxylation is 1. The molecule has 2 aromatic rings. The Balaban J connectivity index is 1.83. The summed E-state index contributed by atoms with van der Waals surface area (Å²) in [6, 6.07) is 7.68. The number of rotatable bonds is 3. The fourth-order valence-electron chi connectivity index (χ4n) is 4.38. The summed E-state index contributed by atoms with van der Waals surface area (Å²) in [5.74, 6) is -0.153. The number of likely N-dealkylation sites (N-methyl/N-ethyl adjacent to an activating group) is 1. The number of pyridine rings is 1. The Morgan fingerprint density at radius 3 is 2.63 bits per heavy atom. The van der Waals surface area contributed by atoms with Crippen LogP contribution in [0.2, 0.25) is 0 Å². The molecule has 1 aliphatic rings. The lowest BCUT2D eigenvalue weighted by Crippen LogP contribution is -2.59. The molecular weight excluding hydrogens is 489 g/mol.